The summed E-state index contributed by atoms with van der Waals surface area (Å²) in [7, 11) is -3.52. The van der Waals surface area contributed by atoms with Gasteiger partial charge in [0.15, 0.2) is 5.82 Å². The van der Waals surface area contributed by atoms with Crippen molar-refractivity contribution in [3.05, 3.63) is 42.0 Å². The number of rotatable bonds is 5. The molecule has 1 saturated heterocycles. The van der Waals surface area contributed by atoms with Gasteiger partial charge in [0.2, 0.25) is 10.0 Å². The number of aromatic nitrogens is 3. The van der Waals surface area contributed by atoms with Gasteiger partial charge in [-0.25, -0.2) is 18.1 Å². The number of aromatic amines is 1. The van der Waals surface area contributed by atoms with Crippen LogP contribution in [-0.2, 0) is 14.8 Å². The molecule has 1 fully saturated rings. The summed E-state index contributed by atoms with van der Waals surface area (Å²) >= 11 is 0. The first-order chi connectivity index (χ1) is 10.6. The predicted octanol–water partition coefficient (Wildman–Crippen LogP) is 1.31. The first-order valence-corrected chi connectivity index (χ1v) is 8.60. The molecule has 2 N–H and O–H groups in total. The molecule has 3 rings (SSSR count). The minimum absolute atomic E-state index is 0.143. The van der Waals surface area contributed by atoms with Gasteiger partial charge >= 0.3 is 0 Å². The van der Waals surface area contributed by atoms with Gasteiger partial charge in [0, 0.05) is 6.54 Å². The highest BCUT2D eigenvalue weighted by Crippen LogP contribution is 2.30. The molecule has 118 valence electrons. The van der Waals surface area contributed by atoms with Crippen LogP contribution in [0.15, 0.2) is 35.5 Å². The number of sulfonamides is 1. The molecule has 0 radical (unpaired) electrons. The molecule has 1 aliphatic rings. The molecule has 2 heterocycles. The number of nitrogens with zero attached hydrogens (tertiary/aromatic N) is 2. The Labute approximate surface area is 129 Å². The molecule has 1 aliphatic heterocycles. The number of hydrogen-bond donors (Lipinski definition) is 2. The number of ether oxygens (including phenoxy) is 1. The molecular weight excluding hydrogens is 304 g/mol. The van der Waals surface area contributed by atoms with Crippen molar-refractivity contribution < 1.29 is 13.2 Å². The van der Waals surface area contributed by atoms with E-state index >= 15 is 0 Å². The third kappa shape index (κ3) is 3.18. The number of nitrogens with one attached hydrogen (secondary N) is 2. The fraction of sp³-hybridized carbons (Fsp3) is 0.429. The normalized spacial score (nSPS) is 22.0. The van der Waals surface area contributed by atoms with Crippen LogP contribution in [0.2, 0.25) is 0 Å². The average Bonchev–Trinajstić information content (AvgIpc) is 3.17. The topological polar surface area (TPSA) is 97.0 Å². The largest absolute Gasteiger partial charge is 0.366 e. The van der Waals surface area contributed by atoms with Crippen LogP contribution in [-0.4, -0.2) is 36.2 Å². The summed E-state index contributed by atoms with van der Waals surface area (Å²) < 4.78 is 33.1. The second-order valence-corrected chi connectivity index (χ2v) is 7.05. The van der Waals surface area contributed by atoms with Crippen molar-refractivity contribution in [2.75, 3.05) is 6.54 Å². The molecule has 2 atom stereocenters. The summed E-state index contributed by atoms with van der Waals surface area (Å²) in [4.78, 5) is 4.38. The molecule has 1 aromatic carbocycles. The summed E-state index contributed by atoms with van der Waals surface area (Å²) in [5, 5.41) is 6.58. The monoisotopic (exact) mass is 322 g/mol. The van der Waals surface area contributed by atoms with Gasteiger partial charge < -0.3 is 4.74 Å². The van der Waals surface area contributed by atoms with E-state index in [1.165, 1.54) is 6.33 Å². The van der Waals surface area contributed by atoms with Gasteiger partial charge in [-0.1, -0.05) is 18.2 Å². The zero-order chi connectivity index (χ0) is 15.6. The molecule has 0 aliphatic carbocycles. The summed E-state index contributed by atoms with van der Waals surface area (Å²) in [6.45, 7) is 2.03. The van der Waals surface area contributed by atoms with E-state index < -0.39 is 10.0 Å². The van der Waals surface area contributed by atoms with Crippen molar-refractivity contribution in [1.82, 2.24) is 19.9 Å². The van der Waals surface area contributed by atoms with Gasteiger partial charge in [-0.2, -0.15) is 5.10 Å². The van der Waals surface area contributed by atoms with Crippen LogP contribution in [0.5, 0.6) is 0 Å². The maximum absolute atomic E-state index is 12.3. The molecule has 1 aromatic heterocycles. The molecule has 0 bridgehead atoms. The number of H-pyrrole nitrogens is 1. The third-order valence-corrected chi connectivity index (χ3v) is 5.31. The first kappa shape index (κ1) is 15.1. The Morgan fingerprint density at radius 2 is 2.18 bits per heavy atom. The highest BCUT2D eigenvalue weighted by Gasteiger charge is 2.29. The van der Waals surface area contributed by atoms with Crippen LogP contribution in [0.1, 0.15) is 30.3 Å². The van der Waals surface area contributed by atoms with E-state index in [1.54, 1.807) is 25.1 Å². The van der Waals surface area contributed by atoms with Crippen molar-refractivity contribution in [1.29, 1.82) is 0 Å². The van der Waals surface area contributed by atoms with Gasteiger partial charge in [-0.05, 0) is 31.4 Å². The Bertz CT molecular complexity index is 730. The van der Waals surface area contributed by atoms with E-state index in [0.717, 1.165) is 18.4 Å². The Morgan fingerprint density at radius 3 is 2.91 bits per heavy atom. The maximum atomic E-state index is 12.3. The average molecular weight is 322 g/mol. The lowest BCUT2D eigenvalue weighted by Gasteiger charge is -2.14. The molecule has 0 saturated carbocycles. The van der Waals surface area contributed by atoms with Crippen LogP contribution in [0.25, 0.3) is 0 Å². The standard InChI is InChI=1S/C14H18N4O3S/c1-10-4-2-3-5-13(10)22(19,20)17-8-11-6-7-12(21-11)14-15-9-16-18-14/h2-5,9,11-12,17H,6-8H2,1H3,(H,15,16,18)/t11-,12+/m1/s1. The summed E-state index contributed by atoms with van der Waals surface area (Å²) in [5.74, 6) is 0.685. The van der Waals surface area contributed by atoms with E-state index in [0.29, 0.717) is 10.7 Å². The van der Waals surface area contributed by atoms with E-state index in [9.17, 15) is 8.42 Å². The minimum atomic E-state index is -3.52. The Kier molecular flexibility index (Phi) is 4.23. The number of hydrogen-bond acceptors (Lipinski definition) is 5. The number of benzene rings is 1. The van der Waals surface area contributed by atoms with E-state index in [2.05, 4.69) is 19.9 Å². The zero-order valence-corrected chi connectivity index (χ0v) is 13.0. The molecule has 22 heavy (non-hydrogen) atoms. The predicted molar refractivity (Wildman–Crippen MR) is 79.6 cm³/mol. The van der Waals surface area contributed by atoms with Crippen molar-refractivity contribution in [3.63, 3.8) is 0 Å². The SMILES string of the molecule is Cc1ccccc1S(=O)(=O)NC[C@H]1CC[C@@H](c2ncn[nH]2)O1. The van der Waals surface area contributed by atoms with Gasteiger partial charge in [0.05, 0.1) is 11.0 Å². The second-order valence-electron chi connectivity index (χ2n) is 5.31. The lowest BCUT2D eigenvalue weighted by Crippen LogP contribution is -2.32. The zero-order valence-electron chi connectivity index (χ0n) is 12.2. The minimum Gasteiger partial charge on any atom is -0.366 e. The number of aryl methyl sites for hydroxylation is 1. The molecule has 8 heteroatoms. The Balaban J connectivity index is 1.60. The molecular formula is C14H18N4O3S. The molecule has 7 nitrogen and oxygen atoms in total. The van der Waals surface area contributed by atoms with E-state index in [-0.39, 0.29) is 18.8 Å². The lowest BCUT2D eigenvalue weighted by molar-refractivity contribution is 0.0430. The lowest BCUT2D eigenvalue weighted by atomic mass is 10.2. The Hall–Kier alpha value is -1.77. The summed E-state index contributed by atoms with van der Waals surface area (Å²) in [6, 6.07) is 6.91. The smallest absolute Gasteiger partial charge is 0.240 e. The van der Waals surface area contributed by atoms with Crippen molar-refractivity contribution in [2.24, 2.45) is 0 Å². The van der Waals surface area contributed by atoms with Gasteiger partial charge in [-0.15, -0.1) is 0 Å². The molecule has 0 amide bonds. The highest BCUT2D eigenvalue weighted by molar-refractivity contribution is 7.89. The maximum Gasteiger partial charge on any atom is 0.240 e. The van der Waals surface area contributed by atoms with Gasteiger partial charge in [-0.3, -0.25) is 5.10 Å². The van der Waals surface area contributed by atoms with Crippen LogP contribution in [0.4, 0.5) is 0 Å². The summed E-state index contributed by atoms with van der Waals surface area (Å²) in [6.07, 6.45) is 2.71. The third-order valence-electron chi connectivity index (χ3n) is 3.73. The van der Waals surface area contributed by atoms with Crippen LogP contribution in [0, 0.1) is 6.92 Å². The van der Waals surface area contributed by atoms with Crippen molar-refractivity contribution in [3.8, 4) is 0 Å². The fourth-order valence-electron chi connectivity index (χ4n) is 2.57. The van der Waals surface area contributed by atoms with Crippen LogP contribution >= 0.6 is 0 Å². The van der Waals surface area contributed by atoms with Crippen molar-refractivity contribution >= 4 is 10.0 Å². The molecule has 0 unspecified atom stereocenters. The Morgan fingerprint density at radius 1 is 1.36 bits per heavy atom. The fourth-order valence-corrected chi connectivity index (χ4v) is 3.88. The van der Waals surface area contributed by atoms with Crippen molar-refractivity contribution in [2.45, 2.75) is 36.9 Å². The van der Waals surface area contributed by atoms with E-state index in [4.69, 9.17) is 4.74 Å². The molecule has 2 aromatic rings. The quantitative estimate of drug-likeness (QED) is 0.865. The van der Waals surface area contributed by atoms with E-state index in [1.807, 2.05) is 6.07 Å². The van der Waals surface area contributed by atoms with Gasteiger partial charge in [0.1, 0.15) is 12.4 Å². The first-order valence-electron chi connectivity index (χ1n) is 7.12. The van der Waals surface area contributed by atoms with Gasteiger partial charge in [0.25, 0.3) is 0 Å². The molecule has 0 spiro atoms. The highest BCUT2D eigenvalue weighted by atomic mass is 32.2. The second kappa shape index (κ2) is 6.15. The van der Waals surface area contributed by atoms with Crippen LogP contribution < -0.4 is 4.72 Å². The summed E-state index contributed by atoms with van der Waals surface area (Å²) in [5.41, 5.74) is 0.724. The van der Waals surface area contributed by atoms with Crippen LogP contribution in [0.3, 0.4) is 0 Å².